The van der Waals surface area contributed by atoms with Crippen LogP contribution in [0.3, 0.4) is 0 Å². The molecule has 1 heterocycles. The smallest absolute Gasteiger partial charge is 0.219 e. The number of ether oxygens (including phenoxy) is 1. The highest BCUT2D eigenvalue weighted by Crippen LogP contribution is 2.26. The van der Waals surface area contributed by atoms with Crippen LogP contribution in [0.4, 0.5) is 0 Å². The SMILES string of the molecule is CCc1cc(CO)cc(Oc2ccc(C(C)(C)C)cc2)n1. The Morgan fingerprint density at radius 3 is 2.29 bits per heavy atom. The van der Waals surface area contributed by atoms with Crippen molar-refractivity contribution in [3.63, 3.8) is 0 Å². The van der Waals surface area contributed by atoms with E-state index in [1.807, 2.05) is 25.1 Å². The Labute approximate surface area is 126 Å². The summed E-state index contributed by atoms with van der Waals surface area (Å²) in [4.78, 5) is 4.43. The van der Waals surface area contributed by atoms with Crippen LogP contribution in [0, 0.1) is 0 Å². The summed E-state index contributed by atoms with van der Waals surface area (Å²) in [6, 6.07) is 11.7. The number of rotatable bonds is 4. The maximum Gasteiger partial charge on any atom is 0.219 e. The van der Waals surface area contributed by atoms with Gasteiger partial charge in [-0.15, -0.1) is 0 Å². The van der Waals surface area contributed by atoms with E-state index in [4.69, 9.17) is 4.74 Å². The Bertz CT molecular complexity index is 575. The van der Waals surface area contributed by atoms with E-state index in [9.17, 15) is 5.11 Å². The fourth-order valence-corrected chi connectivity index (χ4v) is 2.09. The lowest BCUT2D eigenvalue weighted by Crippen LogP contribution is -2.10. The van der Waals surface area contributed by atoms with E-state index in [1.54, 1.807) is 6.07 Å². The zero-order valence-corrected chi connectivity index (χ0v) is 13.2. The van der Waals surface area contributed by atoms with Crippen LogP contribution in [0.1, 0.15) is 44.5 Å². The molecule has 1 N–H and O–H groups in total. The van der Waals surface area contributed by atoms with Crippen molar-refractivity contribution in [3.8, 4) is 11.6 Å². The molecule has 0 unspecified atom stereocenters. The van der Waals surface area contributed by atoms with Crippen LogP contribution in [0.25, 0.3) is 0 Å². The summed E-state index contributed by atoms with van der Waals surface area (Å²) in [5.41, 5.74) is 3.13. The van der Waals surface area contributed by atoms with E-state index in [-0.39, 0.29) is 12.0 Å². The maximum atomic E-state index is 9.29. The predicted octanol–water partition coefficient (Wildman–Crippen LogP) is 4.23. The number of aryl methyl sites for hydroxylation is 1. The number of aromatic nitrogens is 1. The maximum absolute atomic E-state index is 9.29. The van der Waals surface area contributed by atoms with Gasteiger partial charge in [-0.25, -0.2) is 4.98 Å². The molecule has 21 heavy (non-hydrogen) atoms. The molecule has 3 heteroatoms. The van der Waals surface area contributed by atoms with Crippen LogP contribution in [-0.4, -0.2) is 10.1 Å². The number of nitrogens with zero attached hydrogens (tertiary/aromatic N) is 1. The lowest BCUT2D eigenvalue weighted by molar-refractivity contribution is 0.281. The second-order valence-corrected chi connectivity index (χ2v) is 6.19. The van der Waals surface area contributed by atoms with Gasteiger partial charge in [-0.05, 0) is 41.2 Å². The molecule has 0 amide bonds. The molecule has 1 aromatic carbocycles. The van der Waals surface area contributed by atoms with Crippen LogP contribution in [-0.2, 0) is 18.4 Å². The van der Waals surface area contributed by atoms with Crippen molar-refractivity contribution >= 4 is 0 Å². The average molecular weight is 285 g/mol. The fourth-order valence-electron chi connectivity index (χ4n) is 2.09. The first-order valence-electron chi connectivity index (χ1n) is 7.31. The van der Waals surface area contributed by atoms with Gasteiger partial charge in [0.15, 0.2) is 0 Å². The predicted molar refractivity (Wildman–Crippen MR) is 84.8 cm³/mol. The zero-order chi connectivity index (χ0) is 15.5. The van der Waals surface area contributed by atoms with Crippen molar-refractivity contribution < 1.29 is 9.84 Å². The molecule has 0 aliphatic heterocycles. The van der Waals surface area contributed by atoms with Gasteiger partial charge >= 0.3 is 0 Å². The molecule has 3 nitrogen and oxygen atoms in total. The molecule has 0 saturated carbocycles. The molecule has 2 rings (SSSR count). The Balaban J connectivity index is 2.22. The summed E-state index contributed by atoms with van der Waals surface area (Å²) in [7, 11) is 0. The van der Waals surface area contributed by atoms with Crippen molar-refractivity contribution in [2.75, 3.05) is 0 Å². The van der Waals surface area contributed by atoms with Crippen LogP contribution < -0.4 is 4.74 Å². The van der Waals surface area contributed by atoms with E-state index < -0.39 is 0 Å². The minimum Gasteiger partial charge on any atom is -0.439 e. The quantitative estimate of drug-likeness (QED) is 0.914. The Morgan fingerprint density at radius 1 is 1.10 bits per heavy atom. The minimum absolute atomic E-state index is 0.00512. The van der Waals surface area contributed by atoms with Gasteiger partial charge in [0, 0.05) is 11.8 Å². The topological polar surface area (TPSA) is 42.4 Å². The van der Waals surface area contributed by atoms with Gasteiger partial charge in [0.1, 0.15) is 5.75 Å². The van der Waals surface area contributed by atoms with Crippen LogP contribution in [0.5, 0.6) is 11.6 Å². The van der Waals surface area contributed by atoms with Gasteiger partial charge in [0.25, 0.3) is 0 Å². The molecule has 0 saturated heterocycles. The summed E-state index contributed by atoms with van der Waals surface area (Å²) in [6.07, 6.45) is 0.813. The lowest BCUT2D eigenvalue weighted by Gasteiger charge is -2.19. The first-order chi connectivity index (χ1) is 9.92. The van der Waals surface area contributed by atoms with Crippen LogP contribution in [0.15, 0.2) is 36.4 Å². The third-order valence-corrected chi connectivity index (χ3v) is 3.40. The first-order valence-corrected chi connectivity index (χ1v) is 7.31. The van der Waals surface area contributed by atoms with Crippen LogP contribution in [0.2, 0.25) is 0 Å². The molecular formula is C18H23NO2. The van der Waals surface area contributed by atoms with Gasteiger partial charge in [0.05, 0.1) is 6.61 Å². The highest BCUT2D eigenvalue weighted by molar-refractivity contribution is 5.34. The number of hydrogen-bond donors (Lipinski definition) is 1. The highest BCUT2D eigenvalue weighted by Gasteiger charge is 2.13. The van der Waals surface area contributed by atoms with Gasteiger partial charge in [0.2, 0.25) is 5.88 Å². The molecule has 0 radical (unpaired) electrons. The number of aliphatic hydroxyl groups is 1. The molecular weight excluding hydrogens is 262 g/mol. The molecule has 0 aliphatic rings. The monoisotopic (exact) mass is 285 g/mol. The van der Waals surface area contributed by atoms with Crippen molar-refractivity contribution in [3.05, 3.63) is 53.2 Å². The van der Waals surface area contributed by atoms with Gasteiger partial charge in [-0.3, -0.25) is 0 Å². The van der Waals surface area contributed by atoms with E-state index >= 15 is 0 Å². The molecule has 0 fully saturated rings. The third kappa shape index (κ3) is 4.05. The van der Waals surface area contributed by atoms with Crippen molar-refractivity contribution in [1.29, 1.82) is 0 Å². The first kappa shape index (κ1) is 15.5. The molecule has 0 aliphatic carbocycles. The van der Waals surface area contributed by atoms with E-state index in [2.05, 4.69) is 37.9 Å². The number of pyridine rings is 1. The number of hydrogen-bond acceptors (Lipinski definition) is 3. The molecule has 0 spiro atoms. The standard InChI is InChI=1S/C18H23NO2/c1-5-15-10-13(12-20)11-17(19-15)21-16-8-6-14(7-9-16)18(2,3)4/h6-11,20H,5,12H2,1-4H3. The number of benzene rings is 1. The minimum atomic E-state index is -0.00512. The summed E-state index contributed by atoms with van der Waals surface area (Å²) < 4.78 is 5.81. The summed E-state index contributed by atoms with van der Waals surface area (Å²) in [5, 5.41) is 9.29. The molecule has 0 atom stereocenters. The third-order valence-electron chi connectivity index (χ3n) is 3.40. The summed E-state index contributed by atoms with van der Waals surface area (Å²) in [6.45, 7) is 8.58. The second kappa shape index (κ2) is 6.27. The van der Waals surface area contributed by atoms with E-state index in [1.165, 1.54) is 5.56 Å². The van der Waals surface area contributed by atoms with Gasteiger partial charge in [-0.2, -0.15) is 0 Å². The normalized spacial score (nSPS) is 11.5. The largest absolute Gasteiger partial charge is 0.439 e. The molecule has 2 aromatic rings. The molecule has 112 valence electrons. The fraction of sp³-hybridized carbons (Fsp3) is 0.389. The lowest BCUT2D eigenvalue weighted by atomic mass is 9.87. The molecule has 1 aromatic heterocycles. The zero-order valence-electron chi connectivity index (χ0n) is 13.2. The van der Waals surface area contributed by atoms with Crippen molar-refractivity contribution in [2.45, 2.75) is 46.1 Å². The van der Waals surface area contributed by atoms with E-state index in [0.29, 0.717) is 5.88 Å². The Kier molecular flexibility index (Phi) is 4.63. The highest BCUT2D eigenvalue weighted by atomic mass is 16.5. The summed E-state index contributed by atoms with van der Waals surface area (Å²) in [5.74, 6) is 1.29. The van der Waals surface area contributed by atoms with Crippen molar-refractivity contribution in [2.24, 2.45) is 0 Å². The summed E-state index contributed by atoms with van der Waals surface area (Å²) >= 11 is 0. The number of aliphatic hydroxyl groups excluding tert-OH is 1. The Hall–Kier alpha value is -1.87. The van der Waals surface area contributed by atoms with Crippen LogP contribution >= 0.6 is 0 Å². The Morgan fingerprint density at radius 2 is 1.76 bits per heavy atom. The van der Waals surface area contributed by atoms with E-state index in [0.717, 1.165) is 23.4 Å². The van der Waals surface area contributed by atoms with Gasteiger partial charge in [-0.1, -0.05) is 39.8 Å². The second-order valence-electron chi connectivity index (χ2n) is 6.19. The average Bonchev–Trinajstić information content (AvgIpc) is 2.46. The van der Waals surface area contributed by atoms with Crippen molar-refractivity contribution in [1.82, 2.24) is 4.98 Å². The van der Waals surface area contributed by atoms with Gasteiger partial charge < -0.3 is 9.84 Å². The molecule has 0 bridgehead atoms.